The summed E-state index contributed by atoms with van der Waals surface area (Å²) in [7, 11) is 1.53. The second-order valence-corrected chi connectivity index (χ2v) is 2.55. The van der Waals surface area contributed by atoms with Gasteiger partial charge in [0, 0.05) is 19.4 Å². The van der Waals surface area contributed by atoms with E-state index in [4.69, 9.17) is 0 Å². The molecule has 0 aromatic rings. The summed E-state index contributed by atoms with van der Waals surface area (Å²) >= 11 is 0. The third-order valence-corrected chi connectivity index (χ3v) is 1.52. The van der Waals surface area contributed by atoms with Crippen molar-refractivity contribution in [3.63, 3.8) is 0 Å². The van der Waals surface area contributed by atoms with Gasteiger partial charge in [-0.05, 0) is 0 Å². The van der Waals surface area contributed by atoms with Gasteiger partial charge in [0.1, 0.15) is 0 Å². The molecule has 0 fully saturated rings. The van der Waals surface area contributed by atoms with Gasteiger partial charge < -0.3 is 4.90 Å². The zero-order valence-corrected chi connectivity index (χ0v) is 6.35. The first-order valence-corrected chi connectivity index (χ1v) is 3.26. The molecule has 0 saturated carbocycles. The first kappa shape index (κ1) is 9.15. The van der Waals surface area contributed by atoms with Gasteiger partial charge in [-0.1, -0.05) is 0 Å². The molecular weight excluding hydrogens is 176 g/mol. The van der Waals surface area contributed by atoms with E-state index in [1.807, 2.05) is 0 Å². The van der Waals surface area contributed by atoms with Crippen molar-refractivity contribution in [1.29, 1.82) is 0 Å². The Hall–Kier alpha value is -0.940. The molecule has 0 amide bonds. The third kappa shape index (κ3) is 1.46. The van der Waals surface area contributed by atoms with E-state index in [9.17, 15) is 17.6 Å². The lowest BCUT2D eigenvalue weighted by molar-refractivity contribution is -0.213. The number of rotatable bonds is 2. The standard InChI is InChI=1S/C6H8F4N2/c1-11-2-3-12(4-11)6(9,10)5(7)8/h2-3,5H,4H2,1H3. The molecule has 1 aliphatic rings. The van der Waals surface area contributed by atoms with E-state index in [1.54, 1.807) is 0 Å². The van der Waals surface area contributed by atoms with Crippen LogP contribution in [0.15, 0.2) is 12.4 Å². The fourth-order valence-electron chi connectivity index (χ4n) is 0.848. The van der Waals surface area contributed by atoms with Gasteiger partial charge in [-0.15, -0.1) is 0 Å². The van der Waals surface area contributed by atoms with Gasteiger partial charge in [0.15, 0.2) is 0 Å². The second-order valence-electron chi connectivity index (χ2n) is 2.55. The molecule has 0 aromatic carbocycles. The summed E-state index contributed by atoms with van der Waals surface area (Å²) in [4.78, 5) is 1.69. The minimum Gasteiger partial charge on any atom is -0.361 e. The van der Waals surface area contributed by atoms with E-state index in [-0.39, 0.29) is 6.67 Å². The molecule has 12 heavy (non-hydrogen) atoms. The molecule has 0 unspecified atom stereocenters. The van der Waals surface area contributed by atoms with Crippen molar-refractivity contribution in [3.05, 3.63) is 12.4 Å². The first-order valence-electron chi connectivity index (χ1n) is 3.26. The normalized spacial score (nSPS) is 18.2. The van der Waals surface area contributed by atoms with Crippen molar-refractivity contribution in [2.45, 2.75) is 12.5 Å². The van der Waals surface area contributed by atoms with Gasteiger partial charge in [0.25, 0.3) is 0 Å². The topological polar surface area (TPSA) is 6.48 Å². The average molecular weight is 184 g/mol. The van der Waals surface area contributed by atoms with Crippen molar-refractivity contribution < 1.29 is 17.6 Å². The van der Waals surface area contributed by atoms with Crippen molar-refractivity contribution >= 4 is 0 Å². The van der Waals surface area contributed by atoms with Crippen LogP contribution >= 0.6 is 0 Å². The lowest BCUT2D eigenvalue weighted by atomic mass is 10.5. The predicted octanol–water partition coefficient (Wildman–Crippen LogP) is 1.52. The average Bonchev–Trinajstić information content (AvgIpc) is 2.35. The van der Waals surface area contributed by atoms with Crippen LogP contribution in [0.25, 0.3) is 0 Å². The number of nitrogens with zero attached hydrogens (tertiary/aromatic N) is 2. The fraction of sp³-hybridized carbons (Fsp3) is 0.667. The molecule has 1 aliphatic heterocycles. The minimum absolute atomic E-state index is 0.211. The monoisotopic (exact) mass is 184 g/mol. The molecule has 0 spiro atoms. The van der Waals surface area contributed by atoms with Crippen LogP contribution in [0, 0.1) is 0 Å². The summed E-state index contributed by atoms with van der Waals surface area (Å²) in [5.74, 6) is 0. The van der Waals surface area contributed by atoms with Crippen LogP contribution in [0.4, 0.5) is 17.6 Å². The number of hydrogen-bond acceptors (Lipinski definition) is 2. The van der Waals surface area contributed by atoms with Crippen molar-refractivity contribution in [2.24, 2.45) is 0 Å². The van der Waals surface area contributed by atoms with Crippen LogP contribution in [0.1, 0.15) is 0 Å². The quantitative estimate of drug-likeness (QED) is 0.474. The summed E-state index contributed by atoms with van der Waals surface area (Å²) in [6.45, 7) is -0.211. The number of hydrogen-bond donors (Lipinski definition) is 0. The Balaban J connectivity index is 2.65. The van der Waals surface area contributed by atoms with Crippen molar-refractivity contribution in [2.75, 3.05) is 13.7 Å². The van der Waals surface area contributed by atoms with Gasteiger partial charge in [0.2, 0.25) is 0 Å². The Kier molecular flexibility index (Phi) is 2.16. The molecule has 0 saturated heterocycles. The van der Waals surface area contributed by atoms with Gasteiger partial charge in [-0.2, -0.15) is 8.78 Å². The summed E-state index contributed by atoms with van der Waals surface area (Å²) in [5.41, 5.74) is 0. The Morgan fingerprint density at radius 3 is 2.25 bits per heavy atom. The van der Waals surface area contributed by atoms with E-state index < -0.39 is 12.5 Å². The van der Waals surface area contributed by atoms with Gasteiger partial charge >= 0.3 is 12.5 Å². The molecule has 0 radical (unpaired) electrons. The second kappa shape index (κ2) is 2.84. The summed E-state index contributed by atoms with van der Waals surface area (Å²) < 4.78 is 48.5. The van der Waals surface area contributed by atoms with Crippen molar-refractivity contribution in [3.8, 4) is 0 Å². The zero-order valence-electron chi connectivity index (χ0n) is 6.35. The number of alkyl halides is 4. The molecule has 1 heterocycles. The van der Waals surface area contributed by atoms with E-state index in [0.29, 0.717) is 4.90 Å². The lowest BCUT2D eigenvalue weighted by Crippen LogP contribution is -2.44. The summed E-state index contributed by atoms with van der Waals surface area (Å²) in [5, 5.41) is 0. The smallest absolute Gasteiger partial charge is 0.361 e. The predicted molar refractivity (Wildman–Crippen MR) is 34.6 cm³/mol. The lowest BCUT2D eigenvalue weighted by Gasteiger charge is -2.26. The largest absolute Gasteiger partial charge is 0.386 e. The maximum Gasteiger partial charge on any atom is 0.386 e. The van der Waals surface area contributed by atoms with Crippen LogP contribution in [0.2, 0.25) is 0 Å². The highest BCUT2D eigenvalue weighted by atomic mass is 19.3. The zero-order chi connectivity index (χ0) is 9.35. The molecule has 70 valence electrons. The summed E-state index contributed by atoms with van der Waals surface area (Å²) in [6, 6.07) is -4.07. The van der Waals surface area contributed by atoms with E-state index in [1.165, 1.54) is 18.1 Å². The van der Waals surface area contributed by atoms with Gasteiger partial charge in [0.05, 0.1) is 6.67 Å². The molecule has 1 rings (SSSR count). The molecule has 0 aromatic heterocycles. The molecule has 2 nitrogen and oxygen atoms in total. The molecular formula is C6H8F4N2. The van der Waals surface area contributed by atoms with E-state index in [0.717, 1.165) is 6.20 Å². The number of halogens is 4. The highest BCUT2D eigenvalue weighted by Gasteiger charge is 2.46. The Bertz CT molecular complexity index is 192. The Morgan fingerprint density at radius 1 is 1.33 bits per heavy atom. The van der Waals surface area contributed by atoms with Crippen LogP contribution in [-0.4, -0.2) is 36.0 Å². The molecule has 0 bridgehead atoms. The van der Waals surface area contributed by atoms with Gasteiger partial charge in [-0.25, -0.2) is 8.78 Å². The highest BCUT2D eigenvalue weighted by Crippen LogP contribution is 2.29. The van der Waals surface area contributed by atoms with E-state index >= 15 is 0 Å². The van der Waals surface area contributed by atoms with Crippen molar-refractivity contribution in [1.82, 2.24) is 9.80 Å². The minimum atomic E-state index is -4.07. The Labute approximate surface area is 67.1 Å². The fourth-order valence-corrected chi connectivity index (χ4v) is 0.848. The molecule has 0 atom stereocenters. The maximum absolute atomic E-state index is 12.5. The Morgan fingerprint density at radius 2 is 1.92 bits per heavy atom. The third-order valence-electron chi connectivity index (χ3n) is 1.52. The summed E-state index contributed by atoms with van der Waals surface area (Å²) in [6.07, 6.45) is -1.39. The first-order chi connectivity index (χ1) is 5.44. The van der Waals surface area contributed by atoms with Crippen LogP contribution < -0.4 is 0 Å². The molecule has 0 N–H and O–H groups in total. The highest BCUT2D eigenvalue weighted by molar-refractivity contribution is 4.93. The van der Waals surface area contributed by atoms with Crippen LogP contribution in [-0.2, 0) is 0 Å². The van der Waals surface area contributed by atoms with Crippen LogP contribution in [0.5, 0.6) is 0 Å². The maximum atomic E-state index is 12.5. The van der Waals surface area contributed by atoms with E-state index in [2.05, 4.69) is 0 Å². The van der Waals surface area contributed by atoms with Gasteiger partial charge in [-0.3, -0.25) is 4.90 Å². The SMILES string of the molecule is CN1C=CN(C(F)(F)C(F)F)C1. The molecule has 0 aliphatic carbocycles. The molecule has 6 heteroatoms. The van der Waals surface area contributed by atoms with Crippen LogP contribution in [0.3, 0.4) is 0 Å².